The number of halogens is 3. The van der Waals surface area contributed by atoms with Crippen molar-refractivity contribution in [2.45, 2.75) is 18.0 Å². The van der Waals surface area contributed by atoms with E-state index in [0.29, 0.717) is 23.3 Å². The van der Waals surface area contributed by atoms with Crippen molar-refractivity contribution in [1.29, 1.82) is 0 Å². The van der Waals surface area contributed by atoms with Crippen LogP contribution >= 0.6 is 0 Å². The van der Waals surface area contributed by atoms with Gasteiger partial charge in [0.15, 0.2) is 0 Å². The number of aliphatic hydroxyl groups excluding tert-OH is 1. The number of nitrogens with zero attached hydrogens (tertiary/aromatic N) is 2. The zero-order valence-corrected chi connectivity index (χ0v) is 17.7. The Hall–Kier alpha value is -3.05. The lowest BCUT2D eigenvalue weighted by Gasteiger charge is -2.30. The summed E-state index contributed by atoms with van der Waals surface area (Å²) in [6.45, 7) is 0.233. The van der Waals surface area contributed by atoms with Crippen LogP contribution in [0.1, 0.15) is 17.4 Å². The molecule has 1 aromatic heterocycles. The number of aromatic nitrogens is 2. The molecule has 1 aliphatic rings. The largest absolute Gasteiger partial charge is 0.516 e. The zero-order valence-electron chi connectivity index (χ0n) is 16.9. The van der Waals surface area contributed by atoms with Crippen LogP contribution < -0.4 is 9.46 Å². The average Bonchev–Trinajstić information content (AvgIpc) is 3.14. The molecule has 170 valence electrons. The van der Waals surface area contributed by atoms with Crippen molar-refractivity contribution >= 4 is 15.7 Å². The molecule has 0 unspecified atom stereocenters. The van der Waals surface area contributed by atoms with Gasteiger partial charge in [0.25, 0.3) is 0 Å². The molecule has 0 aliphatic carbocycles. The molecule has 2 atom stereocenters. The third-order valence-corrected chi connectivity index (χ3v) is 6.36. The fraction of sp³-hybridized carbons (Fsp3) is 0.286. The molecule has 0 spiro atoms. The second-order valence-electron chi connectivity index (χ2n) is 7.55. The predicted octanol–water partition coefficient (Wildman–Crippen LogP) is 3.63. The van der Waals surface area contributed by atoms with E-state index >= 15 is 0 Å². The number of rotatable bonds is 5. The van der Waals surface area contributed by atoms with Crippen molar-refractivity contribution in [3.8, 4) is 16.9 Å². The van der Waals surface area contributed by atoms with E-state index in [1.807, 2.05) is 12.3 Å². The van der Waals surface area contributed by atoms with Crippen molar-refractivity contribution in [3.63, 3.8) is 0 Å². The van der Waals surface area contributed by atoms with Gasteiger partial charge < -0.3 is 9.84 Å². The molecule has 0 radical (unpaired) electrons. The number of hydrogen-bond acceptors (Lipinski definition) is 5. The van der Waals surface area contributed by atoms with Gasteiger partial charge in [-0.1, -0.05) is 30.3 Å². The summed E-state index contributed by atoms with van der Waals surface area (Å²) < 4.78 is 70.7. The number of fused-ring (bicyclic) bond motifs is 1. The molecule has 7 nitrogen and oxygen atoms in total. The maximum atomic E-state index is 12.8. The van der Waals surface area contributed by atoms with Gasteiger partial charge in [0.1, 0.15) is 5.75 Å². The highest BCUT2D eigenvalue weighted by molar-refractivity contribution is 7.93. The van der Waals surface area contributed by atoms with Crippen LogP contribution in [-0.2, 0) is 23.5 Å². The Morgan fingerprint density at radius 3 is 2.66 bits per heavy atom. The number of alkyl halides is 3. The summed E-state index contributed by atoms with van der Waals surface area (Å²) in [5, 5.41) is 15.1. The summed E-state index contributed by atoms with van der Waals surface area (Å²) in [6.07, 6.45) is 1.52. The SMILES string of the molecule is Cn1ccc(C[C@@H]2COc3cc(-c4ccccc4NS(=O)(=O)C(F)(F)F)ccc3[C@H]2O)n1. The molecular formula is C21H20F3N3O4S. The van der Waals surface area contributed by atoms with Gasteiger partial charge in [-0.05, 0) is 23.8 Å². The van der Waals surface area contributed by atoms with Gasteiger partial charge >= 0.3 is 15.5 Å². The van der Waals surface area contributed by atoms with Gasteiger partial charge in [0.05, 0.1) is 24.1 Å². The zero-order chi connectivity index (χ0) is 23.1. The van der Waals surface area contributed by atoms with Crippen LogP contribution in [0.15, 0.2) is 54.7 Å². The monoisotopic (exact) mass is 467 g/mol. The van der Waals surface area contributed by atoms with Crippen LogP contribution in [0, 0.1) is 5.92 Å². The lowest BCUT2D eigenvalue weighted by Crippen LogP contribution is -2.30. The first-order chi connectivity index (χ1) is 15.0. The third kappa shape index (κ3) is 4.30. The van der Waals surface area contributed by atoms with Crippen molar-refractivity contribution in [2.75, 3.05) is 11.3 Å². The highest BCUT2D eigenvalue weighted by Gasteiger charge is 2.46. The van der Waals surface area contributed by atoms with E-state index in [0.717, 1.165) is 5.69 Å². The van der Waals surface area contributed by atoms with E-state index in [1.165, 1.54) is 18.2 Å². The van der Waals surface area contributed by atoms with Crippen LogP contribution in [0.25, 0.3) is 11.1 Å². The molecule has 0 saturated carbocycles. The fourth-order valence-corrected chi connectivity index (χ4v) is 4.23. The van der Waals surface area contributed by atoms with E-state index in [1.54, 1.807) is 40.7 Å². The van der Waals surface area contributed by atoms with Crippen molar-refractivity contribution in [3.05, 3.63) is 66.0 Å². The normalized spacial score (nSPS) is 18.7. The fourth-order valence-electron chi connectivity index (χ4n) is 3.65. The second-order valence-corrected chi connectivity index (χ2v) is 9.22. The van der Waals surface area contributed by atoms with Gasteiger partial charge in [-0.15, -0.1) is 0 Å². The Labute approximate surface area is 182 Å². The molecule has 0 saturated heterocycles. The van der Waals surface area contributed by atoms with E-state index in [9.17, 15) is 26.7 Å². The highest BCUT2D eigenvalue weighted by atomic mass is 32.2. The molecule has 2 N–H and O–H groups in total. The molecular weight excluding hydrogens is 447 g/mol. The van der Waals surface area contributed by atoms with Crippen LogP contribution in [0.4, 0.5) is 18.9 Å². The minimum Gasteiger partial charge on any atom is -0.493 e. The number of sulfonamides is 1. The minimum absolute atomic E-state index is 0.214. The summed E-state index contributed by atoms with van der Waals surface area (Å²) in [6, 6.07) is 12.4. The number of nitrogens with one attached hydrogen (secondary N) is 1. The van der Waals surface area contributed by atoms with Crippen LogP contribution in [0.5, 0.6) is 5.75 Å². The first-order valence-electron chi connectivity index (χ1n) is 9.67. The maximum Gasteiger partial charge on any atom is 0.516 e. The quantitative estimate of drug-likeness (QED) is 0.598. The Morgan fingerprint density at radius 1 is 1.22 bits per heavy atom. The standard InChI is InChI=1S/C21H20F3N3O4S/c1-27-9-8-15(25-27)10-14-12-31-19-11-13(6-7-17(19)20(14)28)16-4-2-3-5-18(16)26-32(29,30)21(22,23)24/h2-9,11,14,20,26,28H,10,12H2,1H3/t14-,20+/m1/s1. The molecule has 11 heteroatoms. The summed E-state index contributed by atoms with van der Waals surface area (Å²) in [5.74, 6) is 0.176. The Kier molecular flexibility index (Phi) is 5.63. The van der Waals surface area contributed by atoms with E-state index in [-0.39, 0.29) is 23.8 Å². The Morgan fingerprint density at radius 2 is 1.97 bits per heavy atom. The van der Waals surface area contributed by atoms with E-state index < -0.39 is 21.6 Å². The third-order valence-electron chi connectivity index (χ3n) is 5.26. The topological polar surface area (TPSA) is 93.5 Å². The van der Waals surface area contributed by atoms with Gasteiger partial charge in [0, 0.05) is 36.7 Å². The molecule has 2 aromatic carbocycles. The number of anilines is 1. The van der Waals surface area contributed by atoms with Gasteiger partial charge in [-0.3, -0.25) is 9.40 Å². The number of aryl methyl sites for hydroxylation is 1. The van der Waals surface area contributed by atoms with Crippen molar-refractivity contribution in [1.82, 2.24) is 9.78 Å². The molecule has 0 fully saturated rings. The number of benzene rings is 2. The van der Waals surface area contributed by atoms with Gasteiger partial charge in [0.2, 0.25) is 0 Å². The summed E-state index contributed by atoms with van der Waals surface area (Å²) >= 11 is 0. The Bertz CT molecular complexity index is 1240. The first-order valence-corrected chi connectivity index (χ1v) is 11.2. The number of ether oxygens (including phenoxy) is 1. The highest BCUT2D eigenvalue weighted by Crippen LogP contribution is 2.40. The molecule has 2 heterocycles. The molecule has 3 aromatic rings. The summed E-state index contributed by atoms with van der Waals surface area (Å²) in [7, 11) is -3.77. The van der Waals surface area contributed by atoms with Gasteiger partial charge in [-0.25, -0.2) is 0 Å². The lowest BCUT2D eigenvalue weighted by atomic mass is 9.88. The molecule has 0 bridgehead atoms. The van der Waals surface area contributed by atoms with E-state index in [2.05, 4.69) is 5.10 Å². The first kappa shape index (κ1) is 22.2. The van der Waals surface area contributed by atoms with Crippen LogP contribution in [0.2, 0.25) is 0 Å². The molecule has 0 amide bonds. The minimum atomic E-state index is -5.57. The summed E-state index contributed by atoms with van der Waals surface area (Å²) in [5.41, 5.74) is -3.59. The van der Waals surface area contributed by atoms with E-state index in [4.69, 9.17) is 4.74 Å². The second kappa shape index (κ2) is 8.14. The lowest BCUT2D eigenvalue weighted by molar-refractivity contribution is -0.0429. The van der Waals surface area contributed by atoms with Crippen molar-refractivity contribution < 1.29 is 31.4 Å². The van der Waals surface area contributed by atoms with Crippen molar-refractivity contribution in [2.24, 2.45) is 13.0 Å². The number of aliphatic hydroxyl groups is 1. The molecule has 32 heavy (non-hydrogen) atoms. The van der Waals surface area contributed by atoms with Crippen LogP contribution in [-0.4, -0.2) is 35.4 Å². The number of para-hydroxylation sites is 1. The smallest absolute Gasteiger partial charge is 0.493 e. The average molecular weight is 467 g/mol. The predicted molar refractivity (Wildman–Crippen MR) is 111 cm³/mol. The Balaban J connectivity index is 1.61. The number of hydrogen-bond donors (Lipinski definition) is 2. The maximum absolute atomic E-state index is 12.8. The van der Waals surface area contributed by atoms with Crippen LogP contribution in [0.3, 0.4) is 0 Å². The van der Waals surface area contributed by atoms with Gasteiger partial charge in [-0.2, -0.15) is 26.7 Å². The molecule has 4 rings (SSSR count). The summed E-state index contributed by atoms with van der Waals surface area (Å²) in [4.78, 5) is 0. The molecule has 1 aliphatic heterocycles.